The summed E-state index contributed by atoms with van der Waals surface area (Å²) in [4.78, 5) is 38.0. The standard InChI is InChI=1S/C25H28N2O6/c1-25(2,3)18-11-9-16(10-12-18)21-20(23(29)24(30)26(21)13-6-14-33-4)22(28)17-7-5-8-19(15-17)27(31)32/h5,7-12,15,21,28H,6,13-14H2,1-4H3/b22-20-. The van der Waals surface area contributed by atoms with Gasteiger partial charge in [-0.2, -0.15) is 0 Å². The van der Waals surface area contributed by atoms with E-state index in [1.165, 1.54) is 29.2 Å². The highest BCUT2D eigenvalue weighted by Crippen LogP contribution is 2.40. The molecule has 1 atom stereocenters. The highest BCUT2D eigenvalue weighted by molar-refractivity contribution is 6.46. The summed E-state index contributed by atoms with van der Waals surface area (Å²) in [7, 11) is 1.55. The summed E-state index contributed by atoms with van der Waals surface area (Å²) < 4.78 is 5.09. The Balaban J connectivity index is 2.14. The molecule has 1 heterocycles. The third-order valence-corrected chi connectivity index (χ3v) is 5.71. The van der Waals surface area contributed by atoms with Gasteiger partial charge in [-0.15, -0.1) is 0 Å². The first-order chi connectivity index (χ1) is 15.6. The third kappa shape index (κ3) is 4.96. The van der Waals surface area contributed by atoms with Gasteiger partial charge in [0, 0.05) is 38.0 Å². The van der Waals surface area contributed by atoms with Crippen molar-refractivity contribution in [1.29, 1.82) is 0 Å². The van der Waals surface area contributed by atoms with Gasteiger partial charge >= 0.3 is 0 Å². The van der Waals surface area contributed by atoms with Gasteiger partial charge in [-0.1, -0.05) is 57.2 Å². The zero-order valence-corrected chi connectivity index (χ0v) is 19.2. The smallest absolute Gasteiger partial charge is 0.295 e. The average molecular weight is 453 g/mol. The van der Waals surface area contributed by atoms with Gasteiger partial charge in [0.05, 0.1) is 16.5 Å². The SMILES string of the molecule is COCCCN1C(=O)C(=O)/C(=C(\O)c2cccc([N+](=O)[O-])c2)C1c1ccc(C(C)(C)C)cc1. The Labute approximate surface area is 192 Å². The summed E-state index contributed by atoms with van der Waals surface area (Å²) in [5.41, 5.74) is 1.48. The molecular formula is C25H28N2O6. The summed E-state index contributed by atoms with van der Waals surface area (Å²) in [6.07, 6.45) is 0.511. The van der Waals surface area contributed by atoms with Crippen molar-refractivity contribution in [2.45, 2.75) is 38.6 Å². The van der Waals surface area contributed by atoms with Crippen molar-refractivity contribution in [2.24, 2.45) is 0 Å². The number of non-ortho nitro benzene ring substituents is 1. The van der Waals surface area contributed by atoms with Gasteiger partial charge in [-0.3, -0.25) is 19.7 Å². The van der Waals surface area contributed by atoms with E-state index in [2.05, 4.69) is 20.8 Å². The predicted molar refractivity (Wildman–Crippen MR) is 124 cm³/mol. The Morgan fingerprint density at radius 1 is 1.15 bits per heavy atom. The molecule has 2 aromatic carbocycles. The Hall–Kier alpha value is -3.52. The number of amides is 1. The van der Waals surface area contributed by atoms with Crippen molar-refractivity contribution in [3.8, 4) is 0 Å². The second-order valence-corrected chi connectivity index (χ2v) is 9.02. The van der Waals surface area contributed by atoms with E-state index >= 15 is 0 Å². The normalized spacial score (nSPS) is 18.1. The lowest BCUT2D eigenvalue weighted by Crippen LogP contribution is -2.31. The Morgan fingerprint density at radius 3 is 2.39 bits per heavy atom. The maximum absolute atomic E-state index is 13.0. The molecule has 8 nitrogen and oxygen atoms in total. The highest BCUT2D eigenvalue weighted by atomic mass is 16.6. The van der Waals surface area contributed by atoms with Crippen LogP contribution in [-0.4, -0.2) is 46.9 Å². The molecule has 0 saturated carbocycles. The topological polar surface area (TPSA) is 110 Å². The van der Waals surface area contributed by atoms with Crippen molar-refractivity contribution in [3.05, 3.63) is 80.9 Å². The van der Waals surface area contributed by atoms with E-state index in [-0.39, 0.29) is 28.8 Å². The number of aliphatic hydroxyl groups excluding tert-OH is 1. The molecule has 0 aromatic heterocycles. The van der Waals surface area contributed by atoms with Gasteiger partial charge in [-0.05, 0) is 23.0 Å². The van der Waals surface area contributed by atoms with E-state index in [4.69, 9.17) is 4.74 Å². The molecular weight excluding hydrogens is 424 g/mol. The van der Waals surface area contributed by atoms with E-state index in [1.54, 1.807) is 7.11 Å². The molecule has 3 rings (SSSR count). The lowest BCUT2D eigenvalue weighted by Gasteiger charge is -2.26. The van der Waals surface area contributed by atoms with Crippen LogP contribution in [-0.2, 0) is 19.7 Å². The minimum Gasteiger partial charge on any atom is -0.507 e. The Bertz CT molecular complexity index is 1100. The number of nitro groups is 1. The summed E-state index contributed by atoms with van der Waals surface area (Å²) in [5.74, 6) is -1.97. The van der Waals surface area contributed by atoms with Gasteiger partial charge in [0.25, 0.3) is 17.4 Å². The fraction of sp³-hybridized carbons (Fsp3) is 0.360. The molecule has 0 bridgehead atoms. The molecule has 1 fully saturated rings. The lowest BCUT2D eigenvalue weighted by molar-refractivity contribution is -0.384. The van der Waals surface area contributed by atoms with Crippen LogP contribution in [0.2, 0.25) is 0 Å². The molecule has 0 spiro atoms. The summed E-state index contributed by atoms with van der Waals surface area (Å²) in [5, 5.41) is 22.2. The molecule has 1 N–H and O–H groups in total. The molecule has 1 amide bonds. The van der Waals surface area contributed by atoms with Crippen LogP contribution in [0.1, 0.15) is 49.9 Å². The number of likely N-dealkylation sites (tertiary alicyclic amines) is 1. The fourth-order valence-corrected chi connectivity index (χ4v) is 3.92. The second kappa shape index (κ2) is 9.54. The zero-order chi connectivity index (χ0) is 24.3. The predicted octanol–water partition coefficient (Wildman–Crippen LogP) is 4.35. The molecule has 2 aromatic rings. The number of hydrogen-bond acceptors (Lipinski definition) is 6. The molecule has 1 unspecified atom stereocenters. The van der Waals surface area contributed by atoms with Gasteiger partial charge < -0.3 is 14.7 Å². The summed E-state index contributed by atoms with van der Waals surface area (Å²) in [6.45, 7) is 6.92. The monoisotopic (exact) mass is 452 g/mol. The number of carbonyl (C=O) groups excluding carboxylic acids is 2. The van der Waals surface area contributed by atoms with Crippen molar-refractivity contribution in [2.75, 3.05) is 20.3 Å². The fourth-order valence-electron chi connectivity index (χ4n) is 3.92. The van der Waals surface area contributed by atoms with Crippen LogP contribution in [0.5, 0.6) is 0 Å². The van der Waals surface area contributed by atoms with Gasteiger partial charge in [0.15, 0.2) is 0 Å². The largest absolute Gasteiger partial charge is 0.507 e. The minimum absolute atomic E-state index is 0.0816. The van der Waals surface area contributed by atoms with Crippen LogP contribution >= 0.6 is 0 Å². The first-order valence-electron chi connectivity index (χ1n) is 10.7. The lowest BCUT2D eigenvalue weighted by atomic mass is 9.85. The number of aliphatic hydroxyl groups is 1. The zero-order valence-electron chi connectivity index (χ0n) is 19.2. The van der Waals surface area contributed by atoms with Crippen molar-refractivity contribution in [3.63, 3.8) is 0 Å². The van der Waals surface area contributed by atoms with Crippen LogP contribution in [0.3, 0.4) is 0 Å². The van der Waals surface area contributed by atoms with Crippen LogP contribution in [0.25, 0.3) is 5.76 Å². The number of Topliss-reactive ketones (excluding diaryl/α,β-unsaturated/α-hetero) is 1. The van der Waals surface area contributed by atoms with Gasteiger partial charge in [-0.25, -0.2) is 0 Å². The maximum atomic E-state index is 13.0. The first-order valence-corrected chi connectivity index (χ1v) is 10.7. The average Bonchev–Trinajstić information content (AvgIpc) is 3.03. The van der Waals surface area contributed by atoms with Crippen LogP contribution in [0, 0.1) is 10.1 Å². The van der Waals surface area contributed by atoms with E-state index in [0.717, 1.165) is 5.56 Å². The van der Waals surface area contributed by atoms with E-state index in [1.807, 2.05) is 24.3 Å². The number of benzene rings is 2. The molecule has 0 aliphatic carbocycles. The van der Waals surface area contributed by atoms with Gasteiger partial charge in [0.2, 0.25) is 0 Å². The van der Waals surface area contributed by atoms with Crippen LogP contribution in [0.4, 0.5) is 5.69 Å². The third-order valence-electron chi connectivity index (χ3n) is 5.71. The molecule has 0 radical (unpaired) electrons. The Kier molecular flexibility index (Phi) is 6.98. The number of ketones is 1. The minimum atomic E-state index is -0.818. The van der Waals surface area contributed by atoms with Crippen LogP contribution < -0.4 is 0 Å². The number of carbonyl (C=O) groups is 2. The first kappa shape index (κ1) is 24.1. The quantitative estimate of drug-likeness (QED) is 0.167. The number of rotatable bonds is 7. The highest BCUT2D eigenvalue weighted by Gasteiger charge is 2.45. The van der Waals surface area contributed by atoms with Crippen molar-refractivity contribution < 1.29 is 24.4 Å². The molecule has 8 heteroatoms. The van der Waals surface area contributed by atoms with Crippen molar-refractivity contribution in [1.82, 2.24) is 4.90 Å². The molecule has 1 saturated heterocycles. The van der Waals surface area contributed by atoms with E-state index < -0.39 is 28.4 Å². The van der Waals surface area contributed by atoms with Gasteiger partial charge in [0.1, 0.15) is 5.76 Å². The second-order valence-electron chi connectivity index (χ2n) is 9.02. The Morgan fingerprint density at radius 2 is 1.82 bits per heavy atom. The van der Waals surface area contributed by atoms with Crippen molar-refractivity contribution >= 4 is 23.1 Å². The number of nitrogens with zero attached hydrogens (tertiary/aromatic N) is 2. The summed E-state index contributed by atoms with van der Waals surface area (Å²) >= 11 is 0. The van der Waals surface area contributed by atoms with Crippen LogP contribution in [0.15, 0.2) is 54.1 Å². The summed E-state index contributed by atoms with van der Waals surface area (Å²) in [6, 6.07) is 12.2. The molecule has 33 heavy (non-hydrogen) atoms. The maximum Gasteiger partial charge on any atom is 0.295 e. The number of hydrogen-bond donors (Lipinski definition) is 1. The molecule has 174 valence electrons. The number of nitro benzene ring substituents is 1. The van der Waals surface area contributed by atoms with E-state index in [0.29, 0.717) is 18.6 Å². The number of methoxy groups -OCH3 is 1. The van der Waals surface area contributed by atoms with E-state index in [9.17, 15) is 24.8 Å². The molecule has 1 aliphatic heterocycles. The number of ether oxygens (including phenoxy) is 1. The molecule has 1 aliphatic rings.